The van der Waals surface area contributed by atoms with Crippen molar-refractivity contribution >= 4 is 61.1 Å². The highest BCUT2D eigenvalue weighted by molar-refractivity contribution is 7.21. The van der Waals surface area contributed by atoms with Crippen molar-refractivity contribution in [1.82, 2.24) is 24.8 Å². The van der Waals surface area contributed by atoms with E-state index in [1.54, 1.807) is 36.6 Å². The van der Waals surface area contributed by atoms with Gasteiger partial charge in [0, 0.05) is 29.6 Å². The van der Waals surface area contributed by atoms with Crippen molar-refractivity contribution in [1.29, 1.82) is 0 Å². The van der Waals surface area contributed by atoms with Gasteiger partial charge in [-0.3, -0.25) is 4.79 Å². The first-order chi connectivity index (χ1) is 27.3. The molecule has 1 aliphatic heterocycles. The van der Waals surface area contributed by atoms with Gasteiger partial charge in [0.25, 0.3) is 5.91 Å². The predicted molar refractivity (Wildman–Crippen MR) is 224 cm³/mol. The molecule has 1 fully saturated rings. The van der Waals surface area contributed by atoms with E-state index in [4.69, 9.17) is 14.7 Å². The Labute approximate surface area is 329 Å². The first-order valence-electron chi connectivity index (χ1n) is 19.8. The van der Waals surface area contributed by atoms with Crippen LogP contribution in [0.5, 0.6) is 5.75 Å². The van der Waals surface area contributed by atoms with Crippen LogP contribution >= 0.6 is 11.3 Å². The van der Waals surface area contributed by atoms with Crippen LogP contribution in [0.4, 0.5) is 5.69 Å². The van der Waals surface area contributed by atoms with Crippen LogP contribution in [0.2, 0.25) is 0 Å². The van der Waals surface area contributed by atoms with Crippen molar-refractivity contribution in [3.8, 4) is 28.3 Å². The van der Waals surface area contributed by atoms with E-state index >= 15 is 0 Å². The Morgan fingerprint density at radius 1 is 0.964 bits per heavy atom. The molecule has 1 amide bonds. The van der Waals surface area contributed by atoms with Gasteiger partial charge in [0.05, 0.1) is 66.9 Å². The van der Waals surface area contributed by atoms with Crippen LogP contribution in [0.3, 0.4) is 0 Å². The summed E-state index contributed by atoms with van der Waals surface area (Å²) in [5.41, 5.74) is 9.79. The van der Waals surface area contributed by atoms with Crippen molar-refractivity contribution in [2.45, 2.75) is 83.2 Å². The van der Waals surface area contributed by atoms with E-state index in [2.05, 4.69) is 64.4 Å². The molecule has 0 bridgehead atoms. The number of pyridine rings is 1. The number of carboxylic acids is 1. The number of methoxy groups -OCH3 is 1. The number of aromatic amines is 1. The van der Waals surface area contributed by atoms with Gasteiger partial charge in [-0.25, -0.2) is 14.8 Å². The summed E-state index contributed by atoms with van der Waals surface area (Å²) in [6, 6.07) is 23.7. The molecule has 0 atom stereocenters. The zero-order chi connectivity index (χ0) is 38.6. The van der Waals surface area contributed by atoms with Crippen molar-refractivity contribution in [3.05, 3.63) is 94.6 Å². The molecule has 7 aromatic rings. The van der Waals surface area contributed by atoms with E-state index in [1.165, 1.54) is 21.5 Å². The van der Waals surface area contributed by atoms with Crippen LogP contribution in [0.15, 0.2) is 72.8 Å². The molecule has 3 aromatic carbocycles. The molecular formula is C45H46N6O4S. The summed E-state index contributed by atoms with van der Waals surface area (Å²) >= 11 is 1.61. The number of imidazole rings is 1. The van der Waals surface area contributed by atoms with E-state index in [9.17, 15) is 14.7 Å². The molecule has 0 saturated heterocycles. The molecule has 0 unspecified atom stereocenters. The van der Waals surface area contributed by atoms with Crippen molar-refractivity contribution in [3.63, 3.8) is 0 Å². The first-order valence-corrected chi connectivity index (χ1v) is 20.7. The van der Waals surface area contributed by atoms with E-state index < -0.39 is 11.5 Å². The zero-order valence-electron chi connectivity index (χ0n) is 32.0. The second-order valence-corrected chi connectivity index (χ2v) is 16.3. The van der Waals surface area contributed by atoms with Crippen LogP contribution in [-0.2, 0) is 12.1 Å². The van der Waals surface area contributed by atoms with Crippen LogP contribution in [0.25, 0.3) is 54.7 Å². The quantitative estimate of drug-likeness (QED) is 0.103. The third-order valence-corrected chi connectivity index (χ3v) is 13.0. The van der Waals surface area contributed by atoms with Gasteiger partial charge in [0.2, 0.25) is 0 Å². The van der Waals surface area contributed by atoms with Gasteiger partial charge >= 0.3 is 5.97 Å². The van der Waals surface area contributed by atoms with Gasteiger partial charge in [-0.05, 0) is 110 Å². The normalized spacial score (nSPS) is 14.9. The number of anilines is 1. The molecule has 9 rings (SSSR count). The van der Waals surface area contributed by atoms with Gasteiger partial charge in [-0.2, -0.15) is 0 Å². The molecule has 1 aliphatic carbocycles. The maximum Gasteiger partial charge on any atom is 0.335 e. The van der Waals surface area contributed by atoms with Crippen molar-refractivity contribution in [2.24, 2.45) is 0 Å². The summed E-state index contributed by atoms with van der Waals surface area (Å²) < 4.78 is 9.01. The third-order valence-electron chi connectivity index (χ3n) is 11.8. The molecule has 56 heavy (non-hydrogen) atoms. The Morgan fingerprint density at radius 2 is 1.73 bits per heavy atom. The highest BCUT2D eigenvalue weighted by atomic mass is 32.1. The molecule has 0 spiro atoms. The molecule has 4 aromatic heterocycles. The van der Waals surface area contributed by atoms with Gasteiger partial charge in [0.15, 0.2) is 0 Å². The number of ether oxygens (including phenoxy) is 1. The molecular weight excluding hydrogens is 721 g/mol. The molecule has 11 heteroatoms. The first kappa shape index (κ1) is 36.0. The molecule has 2 aliphatic rings. The summed E-state index contributed by atoms with van der Waals surface area (Å²) in [7, 11) is 1.68. The van der Waals surface area contributed by atoms with Crippen LogP contribution in [0, 0.1) is 0 Å². The fourth-order valence-electron chi connectivity index (χ4n) is 9.15. The Bertz CT molecular complexity index is 2630. The molecule has 10 nitrogen and oxygen atoms in total. The van der Waals surface area contributed by atoms with Crippen LogP contribution in [0.1, 0.15) is 103 Å². The summed E-state index contributed by atoms with van der Waals surface area (Å²) in [5.74, 6) is 0.774. The third kappa shape index (κ3) is 6.09. The highest BCUT2D eigenvalue weighted by Crippen LogP contribution is 2.49. The second-order valence-electron chi connectivity index (χ2n) is 15.3. The number of hydrogen-bond donors (Lipinski definition) is 4. The number of H-pyrrole nitrogens is 1. The van der Waals surface area contributed by atoms with Crippen LogP contribution < -0.4 is 15.4 Å². The maximum absolute atomic E-state index is 14.4. The lowest BCUT2D eigenvalue weighted by molar-refractivity contribution is 0.0696. The second kappa shape index (κ2) is 14.4. The Morgan fingerprint density at radius 3 is 2.46 bits per heavy atom. The van der Waals surface area contributed by atoms with E-state index in [0.29, 0.717) is 27.7 Å². The summed E-state index contributed by atoms with van der Waals surface area (Å²) in [6.07, 6.45) is 7.75. The van der Waals surface area contributed by atoms with E-state index in [0.717, 1.165) is 104 Å². The largest absolute Gasteiger partial charge is 0.497 e. The number of thiophene rings is 1. The summed E-state index contributed by atoms with van der Waals surface area (Å²) in [6.45, 7) is 6.03. The van der Waals surface area contributed by atoms with Gasteiger partial charge < -0.3 is 30.0 Å². The Hall–Kier alpha value is -5.68. The number of aromatic carboxylic acids is 1. The number of carbonyl (C=O) groups excluding carboxylic acids is 1. The Balaban J connectivity index is 1.12. The minimum absolute atomic E-state index is 0.0977. The number of carboxylic acid groups (broad SMARTS) is 1. The molecule has 1 saturated carbocycles. The lowest BCUT2D eigenvalue weighted by Crippen LogP contribution is -2.44. The number of amides is 1. The SMILES string of the molecule is CCCC(CCC)c1c2n(c3cc(C(=O)NC4(c5nc6ccc(C(=O)O)cc6[nH]5)CCCC4)sc13)CCNc1c-2ccc2nc(-c3ccc(OC)cc3)ccc12. The lowest BCUT2D eigenvalue weighted by Gasteiger charge is -2.28. The highest BCUT2D eigenvalue weighted by Gasteiger charge is 2.41. The number of carbonyl (C=O) groups is 2. The molecule has 286 valence electrons. The molecule has 5 heterocycles. The predicted octanol–water partition coefficient (Wildman–Crippen LogP) is 10.5. The Kier molecular flexibility index (Phi) is 9.28. The lowest BCUT2D eigenvalue weighted by atomic mass is 9.88. The number of aromatic nitrogens is 4. The van der Waals surface area contributed by atoms with Gasteiger partial charge in [-0.1, -0.05) is 39.5 Å². The van der Waals surface area contributed by atoms with Crippen molar-refractivity contribution < 1.29 is 19.4 Å². The molecule has 0 radical (unpaired) electrons. The number of benzene rings is 3. The fourth-order valence-corrected chi connectivity index (χ4v) is 10.3. The number of nitrogens with one attached hydrogen (secondary N) is 3. The number of hydrogen-bond acceptors (Lipinski definition) is 7. The van der Waals surface area contributed by atoms with Crippen LogP contribution in [-0.4, -0.2) is 50.2 Å². The fraction of sp³-hybridized carbons (Fsp3) is 0.333. The maximum atomic E-state index is 14.4. The van der Waals surface area contributed by atoms with Gasteiger partial charge in [0.1, 0.15) is 11.6 Å². The summed E-state index contributed by atoms with van der Waals surface area (Å²) in [5, 5.41) is 17.9. The minimum Gasteiger partial charge on any atom is -0.497 e. The number of fused-ring (bicyclic) bond motifs is 8. The van der Waals surface area contributed by atoms with E-state index in [-0.39, 0.29) is 11.5 Å². The van der Waals surface area contributed by atoms with Gasteiger partial charge in [-0.15, -0.1) is 11.3 Å². The standard InChI is InChI=1S/C45H46N6O4S/c1-4-8-27(9-5-2)38-40-31-16-19-33-30(15-18-32(47-33)26-10-13-29(55-3)14-11-26)39(31)46-22-23-51(40)36-25-37(56-41(36)38)42(52)50-45(20-6-7-21-45)44-48-34-17-12-28(43(53)54)24-35(34)49-44/h10-19,24-25,27,46H,4-9,20-23H2,1-3H3,(H,48,49)(H,50,52)(H,53,54). The monoisotopic (exact) mass is 766 g/mol. The average Bonchev–Trinajstić information content (AvgIpc) is 4.00. The topological polar surface area (TPSA) is 134 Å². The number of rotatable bonds is 11. The summed E-state index contributed by atoms with van der Waals surface area (Å²) in [4.78, 5) is 40.2. The van der Waals surface area contributed by atoms with E-state index in [1.807, 2.05) is 24.3 Å². The smallest absolute Gasteiger partial charge is 0.335 e. The van der Waals surface area contributed by atoms with Crippen molar-refractivity contribution in [2.75, 3.05) is 19.0 Å². The minimum atomic E-state index is -0.984. The average molecular weight is 767 g/mol. The number of nitrogens with zero attached hydrogens (tertiary/aromatic N) is 3. The zero-order valence-corrected chi connectivity index (χ0v) is 32.8. The molecule has 4 N–H and O–H groups in total.